The van der Waals surface area contributed by atoms with E-state index in [0.717, 1.165) is 16.7 Å². The fraction of sp³-hybridized carbons (Fsp3) is 0.0526. The second-order valence-corrected chi connectivity index (χ2v) is 5.50. The van der Waals surface area contributed by atoms with E-state index in [0.29, 0.717) is 16.1 Å². The quantitative estimate of drug-likeness (QED) is 0.780. The molecule has 4 heteroatoms. The first-order valence-electron chi connectivity index (χ1n) is 7.07. The highest BCUT2D eigenvalue weighted by Gasteiger charge is 2.12. The van der Waals surface area contributed by atoms with Crippen molar-refractivity contribution in [3.05, 3.63) is 88.7 Å². The molecule has 0 aliphatic rings. The molecule has 1 heterocycles. The van der Waals surface area contributed by atoms with Gasteiger partial charge < -0.3 is 5.11 Å². The minimum absolute atomic E-state index is 0.332. The monoisotopic (exact) mass is 320 g/mol. The summed E-state index contributed by atoms with van der Waals surface area (Å²) in [7, 11) is 0. The third kappa shape index (κ3) is 3.09. The largest absolute Gasteiger partial charge is 0.384 e. The van der Waals surface area contributed by atoms with Gasteiger partial charge in [-0.25, -0.2) is 0 Å². The van der Waals surface area contributed by atoms with E-state index in [-0.39, 0.29) is 0 Å². The van der Waals surface area contributed by atoms with Crippen LogP contribution in [0.5, 0.6) is 0 Å². The Morgan fingerprint density at radius 2 is 1.61 bits per heavy atom. The number of aliphatic hydroxyl groups is 1. The molecule has 0 amide bonds. The van der Waals surface area contributed by atoms with Crippen molar-refractivity contribution >= 4 is 11.6 Å². The summed E-state index contributed by atoms with van der Waals surface area (Å²) in [5.74, 6) is 0. The lowest BCUT2D eigenvalue weighted by Gasteiger charge is -2.12. The fourth-order valence-corrected chi connectivity index (χ4v) is 2.64. The number of halogens is 1. The Kier molecular flexibility index (Phi) is 4.38. The number of nitriles is 1. The van der Waals surface area contributed by atoms with Crippen LogP contribution in [-0.4, -0.2) is 10.1 Å². The first-order valence-corrected chi connectivity index (χ1v) is 7.45. The SMILES string of the molecule is N#Cc1c(Cl)cncc1-c1ccc(C(O)c2ccccc2)cc1. The number of hydrogen-bond acceptors (Lipinski definition) is 3. The molecule has 1 atom stereocenters. The van der Waals surface area contributed by atoms with Crippen molar-refractivity contribution in [2.45, 2.75) is 6.10 Å². The van der Waals surface area contributed by atoms with Gasteiger partial charge in [0.15, 0.2) is 0 Å². The summed E-state index contributed by atoms with van der Waals surface area (Å²) in [6.45, 7) is 0. The van der Waals surface area contributed by atoms with Crippen LogP contribution >= 0.6 is 11.6 Å². The van der Waals surface area contributed by atoms with Crippen molar-refractivity contribution in [2.24, 2.45) is 0 Å². The number of hydrogen-bond donors (Lipinski definition) is 1. The van der Waals surface area contributed by atoms with Gasteiger partial charge in [0.25, 0.3) is 0 Å². The van der Waals surface area contributed by atoms with Crippen LogP contribution in [0.1, 0.15) is 22.8 Å². The third-order valence-electron chi connectivity index (χ3n) is 3.66. The summed E-state index contributed by atoms with van der Waals surface area (Å²) in [6, 6.07) is 19.0. The zero-order valence-electron chi connectivity index (χ0n) is 12.1. The Labute approximate surface area is 139 Å². The lowest BCUT2D eigenvalue weighted by molar-refractivity contribution is 0.220. The normalized spacial score (nSPS) is 11.7. The minimum Gasteiger partial charge on any atom is -0.384 e. The van der Waals surface area contributed by atoms with Crippen LogP contribution in [0.25, 0.3) is 11.1 Å². The van der Waals surface area contributed by atoms with E-state index >= 15 is 0 Å². The molecule has 112 valence electrons. The molecule has 3 rings (SSSR count). The van der Waals surface area contributed by atoms with E-state index in [4.69, 9.17) is 11.6 Å². The van der Waals surface area contributed by atoms with Crippen molar-refractivity contribution in [1.82, 2.24) is 4.98 Å². The first kappa shape index (κ1) is 15.2. The number of aliphatic hydroxyl groups excluding tert-OH is 1. The third-order valence-corrected chi connectivity index (χ3v) is 3.95. The first-order chi connectivity index (χ1) is 11.2. The number of rotatable bonds is 3. The molecule has 0 saturated heterocycles. The zero-order valence-corrected chi connectivity index (χ0v) is 12.9. The molecule has 0 fully saturated rings. The summed E-state index contributed by atoms with van der Waals surface area (Å²) in [6.07, 6.45) is 2.39. The smallest absolute Gasteiger partial charge is 0.104 e. The van der Waals surface area contributed by atoms with Crippen LogP contribution < -0.4 is 0 Å². The topological polar surface area (TPSA) is 56.9 Å². The van der Waals surface area contributed by atoms with Gasteiger partial charge in [0, 0.05) is 18.0 Å². The van der Waals surface area contributed by atoms with Crippen LogP contribution in [0, 0.1) is 11.3 Å². The molecule has 0 spiro atoms. The van der Waals surface area contributed by atoms with E-state index in [1.54, 1.807) is 6.20 Å². The summed E-state index contributed by atoms with van der Waals surface area (Å²) in [4.78, 5) is 4.04. The highest BCUT2D eigenvalue weighted by atomic mass is 35.5. The van der Waals surface area contributed by atoms with Crippen molar-refractivity contribution in [3.63, 3.8) is 0 Å². The molecule has 0 radical (unpaired) electrons. The van der Waals surface area contributed by atoms with E-state index in [9.17, 15) is 10.4 Å². The van der Waals surface area contributed by atoms with Crippen molar-refractivity contribution in [3.8, 4) is 17.2 Å². The van der Waals surface area contributed by atoms with E-state index in [2.05, 4.69) is 11.1 Å². The van der Waals surface area contributed by atoms with Gasteiger partial charge in [0.2, 0.25) is 0 Å². The maximum absolute atomic E-state index is 10.4. The number of pyridine rings is 1. The standard InChI is InChI=1S/C19H13ClN2O/c20-18-12-22-11-17(16(18)10-21)13-6-8-15(9-7-13)19(23)14-4-2-1-3-5-14/h1-9,11-12,19,23H. The molecule has 23 heavy (non-hydrogen) atoms. The summed E-state index contributed by atoms with van der Waals surface area (Å²) < 4.78 is 0. The van der Waals surface area contributed by atoms with Gasteiger partial charge in [-0.3, -0.25) is 4.98 Å². The molecule has 1 N–H and O–H groups in total. The average Bonchev–Trinajstić information content (AvgIpc) is 2.62. The molecule has 3 nitrogen and oxygen atoms in total. The van der Waals surface area contributed by atoms with Crippen molar-refractivity contribution in [1.29, 1.82) is 5.26 Å². The van der Waals surface area contributed by atoms with Gasteiger partial charge in [-0.1, -0.05) is 66.2 Å². The summed E-state index contributed by atoms with van der Waals surface area (Å²) in [5, 5.41) is 20.0. The van der Waals surface area contributed by atoms with Crippen LogP contribution in [0.4, 0.5) is 0 Å². The summed E-state index contributed by atoms with van der Waals surface area (Å²) in [5.41, 5.74) is 3.54. The number of nitrogens with zero attached hydrogens (tertiary/aromatic N) is 2. The minimum atomic E-state index is -0.682. The number of aromatic nitrogens is 1. The van der Waals surface area contributed by atoms with Crippen LogP contribution in [0.3, 0.4) is 0 Å². The predicted octanol–water partition coefficient (Wildman–Crippen LogP) is 4.36. The van der Waals surface area contributed by atoms with Crippen LogP contribution in [0.15, 0.2) is 67.0 Å². The lowest BCUT2D eigenvalue weighted by Crippen LogP contribution is -1.99. The molecule has 0 saturated carbocycles. The van der Waals surface area contributed by atoms with E-state index in [1.807, 2.05) is 54.6 Å². The molecule has 0 bridgehead atoms. The molecule has 2 aromatic carbocycles. The maximum atomic E-state index is 10.4. The van der Waals surface area contributed by atoms with Crippen LogP contribution in [0.2, 0.25) is 5.02 Å². The zero-order chi connectivity index (χ0) is 16.2. The van der Waals surface area contributed by atoms with Crippen LogP contribution in [-0.2, 0) is 0 Å². The van der Waals surface area contributed by atoms with Gasteiger partial charge in [0.05, 0.1) is 10.6 Å². The Morgan fingerprint density at radius 3 is 2.26 bits per heavy atom. The summed E-state index contributed by atoms with van der Waals surface area (Å²) >= 11 is 6.02. The molecule has 3 aromatic rings. The fourth-order valence-electron chi connectivity index (χ4n) is 2.44. The van der Waals surface area contributed by atoms with Gasteiger partial charge >= 0.3 is 0 Å². The Morgan fingerprint density at radius 1 is 0.957 bits per heavy atom. The van der Waals surface area contributed by atoms with E-state index < -0.39 is 6.10 Å². The van der Waals surface area contributed by atoms with Gasteiger partial charge in [0.1, 0.15) is 12.2 Å². The Balaban J connectivity index is 1.95. The molecule has 1 aromatic heterocycles. The molecule has 0 aliphatic heterocycles. The Hall–Kier alpha value is -2.67. The molecule has 1 unspecified atom stereocenters. The Bertz CT molecular complexity index is 855. The predicted molar refractivity (Wildman–Crippen MR) is 89.9 cm³/mol. The maximum Gasteiger partial charge on any atom is 0.104 e. The lowest BCUT2D eigenvalue weighted by atomic mass is 9.97. The molecular formula is C19H13ClN2O. The molecular weight excluding hydrogens is 308 g/mol. The van der Waals surface area contributed by atoms with Gasteiger partial charge in [-0.15, -0.1) is 0 Å². The van der Waals surface area contributed by atoms with Crippen molar-refractivity contribution in [2.75, 3.05) is 0 Å². The van der Waals surface area contributed by atoms with Gasteiger partial charge in [-0.05, 0) is 16.7 Å². The highest BCUT2D eigenvalue weighted by molar-refractivity contribution is 6.32. The second-order valence-electron chi connectivity index (χ2n) is 5.09. The average molecular weight is 321 g/mol. The van der Waals surface area contributed by atoms with Gasteiger partial charge in [-0.2, -0.15) is 5.26 Å². The number of benzene rings is 2. The van der Waals surface area contributed by atoms with E-state index in [1.165, 1.54) is 6.20 Å². The highest BCUT2D eigenvalue weighted by Crippen LogP contribution is 2.29. The molecule has 0 aliphatic carbocycles. The second kappa shape index (κ2) is 6.62. The van der Waals surface area contributed by atoms with Crippen molar-refractivity contribution < 1.29 is 5.11 Å².